The van der Waals surface area contributed by atoms with E-state index in [4.69, 9.17) is 0 Å². The zero-order valence-electron chi connectivity index (χ0n) is 7.20. The van der Waals surface area contributed by atoms with Crippen molar-refractivity contribution in [1.82, 2.24) is 4.98 Å². The summed E-state index contributed by atoms with van der Waals surface area (Å²) in [6.45, 7) is 0. The molecule has 0 aromatic carbocycles. The number of alkyl halides is 2. The Morgan fingerprint density at radius 2 is 2.31 bits per heavy atom. The summed E-state index contributed by atoms with van der Waals surface area (Å²) in [5.74, 6) is 0. The number of halogens is 2. The molecule has 2 nitrogen and oxygen atoms in total. The van der Waals surface area contributed by atoms with Gasteiger partial charge in [0.15, 0.2) is 5.13 Å². The van der Waals surface area contributed by atoms with Crippen LogP contribution in [0.4, 0.5) is 13.9 Å². The van der Waals surface area contributed by atoms with Gasteiger partial charge in [0.05, 0.1) is 0 Å². The summed E-state index contributed by atoms with van der Waals surface area (Å²) in [5.41, 5.74) is -0.104. The first-order valence-electron chi connectivity index (χ1n) is 4.15. The average Bonchev–Trinajstić information content (AvgIpc) is 2.81. The van der Waals surface area contributed by atoms with Crippen molar-refractivity contribution in [3.05, 3.63) is 11.1 Å². The van der Waals surface area contributed by atoms with Gasteiger partial charge in [-0.2, -0.15) is 0 Å². The Labute approximate surface area is 79.2 Å². The predicted octanol–water partition coefficient (Wildman–Crippen LogP) is 2.68. The molecule has 0 N–H and O–H groups in total. The van der Waals surface area contributed by atoms with E-state index in [2.05, 4.69) is 4.98 Å². The van der Waals surface area contributed by atoms with Crippen LogP contribution in [0.25, 0.3) is 0 Å². The summed E-state index contributed by atoms with van der Waals surface area (Å²) in [5, 5.41) is 2.14. The van der Waals surface area contributed by atoms with Crippen molar-refractivity contribution < 1.29 is 8.78 Å². The second-order valence-corrected chi connectivity index (χ2v) is 4.03. The smallest absolute Gasteiger partial charge is 0.281 e. The van der Waals surface area contributed by atoms with Crippen LogP contribution in [0, 0.1) is 0 Å². The maximum Gasteiger partial charge on any atom is 0.281 e. The van der Waals surface area contributed by atoms with Gasteiger partial charge in [0.2, 0.25) is 0 Å². The fraction of sp³-hybridized carbons (Fsp3) is 0.625. The molecule has 72 valence electrons. The third-order valence-corrected chi connectivity index (χ3v) is 3.08. The fourth-order valence-corrected chi connectivity index (χ4v) is 2.01. The van der Waals surface area contributed by atoms with E-state index in [9.17, 15) is 8.78 Å². The van der Waals surface area contributed by atoms with E-state index in [1.54, 1.807) is 0 Å². The first kappa shape index (κ1) is 8.87. The number of hydrogen-bond donors (Lipinski definition) is 0. The first-order chi connectivity index (χ1) is 6.18. The third-order valence-electron chi connectivity index (χ3n) is 2.13. The molecule has 1 aromatic rings. The monoisotopic (exact) mass is 204 g/mol. The Bertz CT molecular complexity index is 296. The van der Waals surface area contributed by atoms with Gasteiger partial charge < -0.3 is 4.90 Å². The predicted molar refractivity (Wildman–Crippen MR) is 48.5 cm³/mol. The van der Waals surface area contributed by atoms with E-state index in [1.807, 2.05) is 11.9 Å². The minimum absolute atomic E-state index is 0.104. The van der Waals surface area contributed by atoms with Crippen LogP contribution >= 0.6 is 11.3 Å². The average molecular weight is 204 g/mol. The minimum Gasteiger partial charge on any atom is -0.348 e. The summed E-state index contributed by atoms with van der Waals surface area (Å²) < 4.78 is 24.4. The molecule has 2 rings (SSSR count). The van der Waals surface area contributed by atoms with Gasteiger partial charge in [-0.15, -0.1) is 11.3 Å². The lowest BCUT2D eigenvalue weighted by Crippen LogP contribution is -2.19. The van der Waals surface area contributed by atoms with Gasteiger partial charge in [0, 0.05) is 18.5 Å². The molecule has 0 unspecified atom stereocenters. The van der Waals surface area contributed by atoms with Gasteiger partial charge in [0.25, 0.3) is 6.43 Å². The highest BCUT2D eigenvalue weighted by Gasteiger charge is 2.28. The van der Waals surface area contributed by atoms with E-state index in [1.165, 1.54) is 16.7 Å². The van der Waals surface area contributed by atoms with E-state index in [0.717, 1.165) is 12.8 Å². The lowest BCUT2D eigenvalue weighted by atomic mass is 10.5. The molecule has 0 bridgehead atoms. The molecule has 5 heteroatoms. The zero-order chi connectivity index (χ0) is 9.42. The van der Waals surface area contributed by atoms with Crippen LogP contribution in [0.15, 0.2) is 5.38 Å². The molecule has 1 aromatic heterocycles. The molecule has 13 heavy (non-hydrogen) atoms. The Hall–Kier alpha value is -0.710. The highest BCUT2D eigenvalue weighted by atomic mass is 32.1. The summed E-state index contributed by atoms with van der Waals surface area (Å²) in [6, 6.07) is 0.525. The standard InChI is InChI=1S/C8H10F2N2S/c1-12(5-2-3-5)8-11-6(4-13-8)7(9)10/h4-5,7H,2-3H2,1H3. The highest BCUT2D eigenvalue weighted by Crippen LogP contribution is 2.33. The molecule has 1 aliphatic rings. The molecule has 0 amide bonds. The van der Waals surface area contributed by atoms with Crippen LogP contribution in [0.5, 0.6) is 0 Å². The van der Waals surface area contributed by atoms with E-state index in [-0.39, 0.29) is 5.69 Å². The van der Waals surface area contributed by atoms with Gasteiger partial charge in [-0.05, 0) is 12.8 Å². The van der Waals surface area contributed by atoms with Crippen LogP contribution < -0.4 is 4.90 Å². The zero-order valence-corrected chi connectivity index (χ0v) is 8.02. The van der Waals surface area contributed by atoms with Crippen molar-refractivity contribution in [3.8, 4) is 0 Å². The number of thiazole rings is 1. The number of rotatable bonds is 3. The van der Waals surface area contributed by atoms with E-state index in [0.29, 0.717) is 11.2 Å². The molecule has 1 fully saturated rings. The van der Waals surface area contributed by atoms with E-state index >= 15 is 0 Å². The Kier molecular flexibility index (Phi) is 2.19. The number of anilines is 1. The summed E-state index contributed by atoms with van der Waals surface area (Å²) in [6.07, 6.45) is -0.141. The Morgan fingerprint density at radius 1 is 1.62 bits per heavy atom. The number of aromatic nitrogens is 1. The van der Waals surface area contributed by atoms with Gasteiger partial charge in [-0.25, -0.2) is 13.8 Å². The molecule has 0 atom stereocenters. The number of nitrogens with zero attached hydrogens (tertiary/aromatic N) is 2. The fourth-order valence-electron chi connectivity index (χ4n) is 1.16. The van der Waals surface area contributed by atoms with Crippen molar-refractivity contribution in [2.24, 2.45) is 0 Å². The molecule has 0 saturated heterocycles. The lowest BCUT2D eigenvalue weighted by molar-refractivity contribution is 0.147. The summed E-state index contributed by atoms with van der Waals surface area (Å²) in [4.78, 5) is 5.85. The van der Waals surface area contributed by atoms with Gasteiger partial charge in [-0.1, -0.05) is 0 Å². The van der Waals surface area contributed by atoms with Crippen LogP contribution in [-0.4, -0.2) is 18.1 Å². The van der Waals surface area contributed by atoms with Gasteiger partial charge >= 0.3 is 0 Å². The third kappa shape index (κ3) is 1.80. The van der Waals surface area contributed by atoms with E-state index < -0.39 is 6.43 Å². The highest BCUT2D eigenvalue weighted by molar-refractivity contribution is 7.13. The second-order valence-electron chi connectivity index (χ2n) is 3.20. The molecule has 0 radical (unpaired) electrons. The van der Waals surface area contributed by atoms with Crippen molar-refractivity contribution in [3.63, 3.8) is 0 Å². The Balaban J connectivity index is 2.11. The van der Waals surface area contributed by atoms with Gasteiger partial charge in [0.1, 0.15) is 5.69 Å². The first-order valence-corrected chi connectivity index (χ1v) is 5.03. The van der Waals surface area contributed by atoms with Crippen LogP contribution in [-0.2, 0) is 0 Å². The normalized spacial score (nSPS) is 16.6. The SMILES string of the molecule is CN(c1nc(C(F)F)cs1)C1CC1. The second kappa shape index (κ2) is 3.21. The summed E-state index contributed by atoms with van der Waals surface area (Å²) in [7, 11) is 1.91. The molecular weight excluding hydrogens is 194 g/mol. The van der Waals surface area contributed by atoms with Crippen LogP contribution in [0.3, 0.4) is 0 Å². The molecular formula is C8H10F2N2S. The minimum atomic E-state index is -2.45. The lowest BCUT2D eigenvalue weighted by Gasteiger charge is -2.13. The largest absolute Gasteiger partial charge is 0.348 e. The number of hydrogen-bond acceptors (Lipinski definition) is 3. The molecule has 1 saturated carbocycles. The van der Waals surface area contributed by atoms with Crippen molar-refractivity contribution in [2.45, 2.75) is 25.3 Å². The molecule has 1 aliphatic carbocycles. The van der Waals surface area contributed by atoms with Crippen molar-refractivity contribution >= 4 is 16.5 Å². The quantitative estimate of drug-likeness (QED) is 0.752. The van der Waals surface area contributed by atoms with Crippen molar-refractivity contribution in [2.75, 3.05) is 11.9 Å². The van der Waals surface area contributed by atoms with Crippen LogP contribution in [0.2, 0.25) is 0 Å². The summed E-state index contributed by atoms with van der Waals surface area (Å²) >= 11 is 1.29. The molecule has 1 heterocycles. The maximum atomic E-state index is 12.2. The maximum absolute atomic E-state index is 12.2. The van der Waals surface area contributed by atoms with Crippen LogP contribution in [0.1, 0.15) is 25.0 Å². The molecule has 0 spiro atoms. The Morgan fingerprint density at radius 3 is 2.77 bits per heavy atom. The molecule has 0 aliphatic heterocycles. The topological polar surface area (TPSA) is 16.1 Å². The van der Waals surface area contributed by atoms with Crippen molar-refractivity contribution in [1.29, 1.82) is 0 Å². The van der Waals surface area contributed by atoms with Gasteiger partial charge in [-0.3, -0.25) is 0 Å².